The predicted octanol–water partition coefficient (Wildman–Crippen LogP) is 2.63. The summed E-state index contributed by atoms with van der Waals surface area (Å²) in [4.78, 5) is 0. The molecule has 0 saturated carbocycles. The van der Waals surface area contributed by atoms with Gasteiger partial charge in [0.2, 0.25) is 0 Å². The molecule has 0 aromatic rings. The first-order chi connectivity index (χ1) is 7.33. The summed E-state index contributed by atoms with van der Waals surface area (Å²) in [6.07, 6.45) is 0. The van der Waals surface area contributed by atoms with Gasteiger partial charge in [-0.05, 0) is 55.4 Å². The van der Waals surface area contributed by atoms with Crippen molar-refractivity contribution in [1.82, 2.24) is 0 Å². The molecule has 2 saturated heterocycles. The van der Waals surface area contributed by atoms with E-state index in [0.29, 0.717) is 0 Å². The van der Waals surface area contributed by atoms with E-state index in [2.05, 4.69) is 0 Å². The van der Waals surface area contributed by atoms with Gasteiger partial charge in [0.1, 0.15) is 0 Å². The number of hydrogen-bond acceptors (Lipinski definition) is 4. The second-order valence-corrected chi connectivity index (χ2v) is 8.77. The van der Waals surface area contributed by atoms with Gasteiger partial charge in [-0.3, -0.25) is 0 Å². The molecule has 4 nitrogen and oxygen atoms in total. The highest BCUT2D eigenvalue weighted by Crippen LogP contribution is 2.51. The molecule has 100 valence electrons. The van der Waals surface area contributed by atoms with Gasteiger partial charge in [0.15, 0.2) is 0 Å². The lowest BCUT2D eigenvalue weighted by Crippen LogP contribution is -2.43. The van der Waals surface area contributed by atoms with Gasteiger partial charge >= 0.3 is 9.05 Å². The Morgan fingerprint density at radius 1 is 0.471 bits per heavy atom. The van der Waals surface area contributed by atoms with Crippen molar-refractivity contribution in [1.29, 1.82) is 0 Å². The van der Waals surface area contributed by atoms with E-state index in [1.165, 1.54) is 0 Å². The van der Waals surface area contributed by atoms with E-state index < -0.39 is 31.5 Å². The molecule has 1 spiro atoms. The normalized spacial score (nSPS) is 35.3. The average Bonchev–Trinajstić information content (AvgIpc) is 2.21. The summed E-state index contributed by atoms with van der Waals surface area (Å²) in [5, 5.41) is 0. The first kappa shape index (κ1) is 13.5. The molecule has 0 N–H and O–H groups in total. The van der Waals surface area contributed by atoms with E-state index in [4.69, 9.17) is 17.7 Å². The minimum Gasteiger partial charge on any atom is -0.343 e. The zero-order valence-electron chi connectivity index (χ0n) is 12.1. The van der Waals surface area contributed by atoms with Crippen LogP contribution in [0.1, 0.15) is 55.4 Å². The summed E-state index contributed by atoms with van der Waals surface area (Å²) < 4.78 is 24.2. The summed E-state index contributed by atoms with van der Waals surface area (Å²) in [5.41, 5.74) is -1.63. The van der Waals surface area contributed by atoms with E-state index in [1.54, 1.807) is 0 Å². The fourth-order valence-electron chi connectivity index (χ4n) is 1.87. The summed E-state index contributed by atoms with van der Waals surface area (Å²) in [5.74, 6) is 0. The van der Waals surface area contributed by atoms with Crippen molar-refractivity contribution in [3.63, 3.8) is 0 Å². The summed E-state index contributed by atoms with van der Waals surface area (Å²) >= 11 is 0. The Morgan fingerprint density at radius 2 is 0.647 bits per heavy atom. The van der Waals surface area contributed by atoms with Crippen LogP contribution in [0.15, 0.2) is 0 Å². The van der Waals surface area contributed by atoms with Crippen molar-refractivity contribution in [2.24, 2.45) is 0 Å². The molecule has 0 aliphatic carbocycles. The Labute approximate surface area is 105 Å². The molecule has 0 aromatic heterocycles. The van der Waals surface area contributed by atoms with Crippen LogP contribution in [0.3, 0.4) is 0 Å². The van der Waals surface area contributed by atoms with Crippen molar-refractivity contribution in [3.8, 4) is 0 Å². The molecular weight excluding hydrogens is 236 g/mol. The number of rotatable bonds is 0. The molecule has 0 atom stereocenters. The SMILES string of the molecule is CC1(C)O[Si]2(OC1(C)C)OC(C)(C)C(C)(C)O2. The third kappa shape index (κ3) is 1.79. The highest BCUT2D eigenvalue weighted by atomic mass is 28.4. The zero-order valence-corrected chi connectivity index (χ0v) is 13.1. The first-order valence-electron chi connectivity index (χ1n) is 6.13. The van der Waals surface area contributed by atoms with Gasteiger partial charge < -0.3 is 17.7 Å². The first-order valence-corrected chi connectivity index (χ1v) is 7.77. The molecule has 2 rings (SSSR count). The second-order valence-electron chi connectivity index (χ2n) is 6.95. The third-order valence-corrected chi connectivity index (χ3v) is 7.46. The fraction of sp³-hybridized carbons (Fsp3) is 1.00. The maximum Gasteiger partial charge on any atom is 0.681 e. The predicted molar refractivity (Wildman–Crippen MR) is 66.4 cm³/mol. The fourth-order valence-corrected chi connectivity index (χ4v) is 5.60. The molecule has 0 radical (unpaired) electrons. The van der Waals surface area contributed by atoms with E-state index in [0.717, 1.165) is 0 Å². The largest absolute Gasteiger partial charge is 0.681 e. The Kier molecular flexibility index (Phi) is 2.49. The third-order valence-electron chi connectivity index (χ3n) is 4.42. The molecule has 2 fully saturated rings. The van der Waals surface area contributed by atoms with Crippen molar-refractivity contribution >= 4 is 9.05 Å². The Morgan fingerprint density at radius 3 is 0.824 bits per heavy atom. The maximum atomic E-state index is 6.06. The molecule has 17 heavy (non-hydrogen) atoms. The molecule has 0 aromatic carbocycles. The minimum atomic E-state index is -3.01. The van der Waals surface area contributed by atoms with E-state index >= 15 is 0 Å². The monoisotopic (exact) mass is 260 g/mol. The van der Waals surface area contributed by atoms with E-state index in [-0.39, 0.29) is 0 Å². The van der Waals surface area contributed by atoms with Gasteiger partial charge in [-0.2, -0.15) is 0 Å². The van der Waals surface area contributed by atoms with E-state index in [9.17, 15) is 0 Å². The maximum absolute atomic E-state index is 6.06. The lowest BCUT2D eigenvalue weighted by atomic mass is 9.90. The Balaban J connectivity index is 2.33. The van der Waals surface area contributed by atoms with Gasteiger partial charge in [-0.1, -0.05) is 0 Å². The van der Waals surface area contributed by atoms with Gasteiger partial charge in [0.25, 0.3) is 0 Å². The van der Waals surface area contributed by atoms with Gasteiger partial charge in [0.05, 0.1) is 22.4 Å². The molecule has 0 amide bonds. The Bertz CT molecular complexity index is 277. The highest BCUT2D eigenvalue weighted by molar-refractivity contribution is 6.55. The molecule has 2 aliphatic rings. The zero-order chi connectivity index (χ0) is 13.3. The van der Waals surface area contributed by atoms with Crippen LogP contribution in [-0.2, 0) is 17.7 Å². The summed E-state index contributed by atoms with van der Waals surface area (Å²) in [6.45, 7) is 16.1. The van der Waals surface area contributed by atoms with Crippen LogP contribution in [0.25, 0.3) is 0 Å². The van der Waals surface area contributed by atoms with Crippen molar-refractivity contribution in [2.45, 2.75) is 77.8 Å². The quantitative estimate of drug-likeness (QED) is 0.627. The van der Waals surface area contributed by atoms with Crippen molar-refractivity contribution in [2.75, 3.05) is 0 Å². The molecule has 2 aliphatic heterocycles. The molecule has 0 unspecified atom stereocenters. The minimum absolute atomic E-state index is 0.407. The Hall–Kier alpha value is 0.0569. The van der Waals surface area contributed by atoms with Crippen LogP contribution < -0.4 is 0 Å². The van der Waals surface area contributed by atoms with Gasteiger partial charge in [0, 0.05) is 0 Å². The lowest BCUT2D eigenvalue weighted by molar-refractivity contribution is 0.00578. The van der Waals surface area contributed by atoms with Gasteiger partial charge in [-0.25, -0.2) is 0 Å². The van der Waals surface area contributed by atoms with Crippen LogP contribution in [0.5, 0.6) is 0 Å². The van der Waals surface area contributed by atoms with Crippen LogP contribution in [0, 0.1) is 0 Å². The average molecular weight is 260 g/mol. The van der Waals surface area contributed by atoms with E-state index in [1.807, 2.05) is 55.4 Å². The number of hydrogen-bond donors (Lipinski definition) is 0. The van der Waals surface area contributed by atoms with Crippen LogP contribution >= 0.6 is 0 Å². The van der Waals surface area contributed by atoms with Crippen molar-refractivity contribution in [3.05, 3.63) is 0 Å². The lowest BCUT2D eigenvalue weighted by Gasteiger charge is -2.30. The van der Waals surface area contributed by atoms with Crippen LogP contribution in [0.2, 0.25) is 0 Å². The molecule has 2 heterocycles. The standard InChI is InChI=1S/C12H24O4Si/c1-9(2)10(3,4)14-17(13-9)15-11(5,6)12(7,8)16-17/h1-8H3. The van der Waals surface area contributed by atoms with Crippen LogP contribution in [0.4, 0.5) is 0 Å². The van der Waals surface area contributed by atoms with Crippen LogP contribution in [-0.4, -0.2) is 31.5 Å². The molecular formula is C12H24O4Si. The van der Waals surface area contributed by atoms with Crippen molar-refractivity contribution < 1.29 is 17.7 Å². The smallest absolute Gasteiger partial charge is 0.343 e. The topological polar surface area (TPSA) is 36.9 Å². The highest BCUT2D eigenvalue weighted by Gasteiger charge is 2.73. The second kappa shape index (κ2) is 3.14. The molecule has 0 bridgehead atoms. The molecule has 5 heteroatoms. The van der Waals surface area contributed by atoms with Gasteiger partial charge in [-0.15, -0.1) is 0 Å². The summed E-state index contributed by atoms with van der Waals surface area (Å²) in [7, 11) is -3.01. The summed E-state index contributed by atoms with van der Waals surface area (Å²) in [6, 6.07) is 0.